The van der Waals surface area contributed by atoms with Gasteiger partial charge in [0, 0.05) is 5.54 Å². The summed E-state index contributed by atoms with van der Waals surface area (Å²) in [6.45, 7) is 2.08. The van der Waals surface area contributed by atoms with Crippen molar-refractivity contribution in [3.63, 3.8) is 0 Å². The van der Waals surface area contributed by atoms with Gasteiger partial charge in [-0.25, -0.2) is 4.98 Å². The predicted molar refractivity (Wildman–Crippen MR) is 84.4 cm³/mol. The van der Waals surface area contributed by atoms with E-state index in [1.807, 2.05) is 5.38 Å². The minimum absolute atomic E-state index is 0.0318. The normalized spacial score (nSPS) is 16.8. The second kappa shape index (κ2) is 5.46. The molecular weight excluding hydrogens is 308 g/mol. The van der Waals surface area contributed by atoms with Crippen LogP contribution in [0.5, 0.6) is 0 Å². The van der Waals surface area contributed by atoms with E-state index in [2.05, 4.69) is 11.9 Å². The fourth-order valence-electron chi connectivity index (χ4n) is 2.86. The number of carbonyl (C=O) groups is 1. The van der Waals surface area contributed by atoms with Crippen LogP contribution in [0.1, 0.15) is 32.6 Å². The highest BCUT2D eigenvalue weighted by Crippen LogP contribution is 2.43. The molecule has 0 spiro atoms. The summed E-state index contributed by atoms with van der Waals surface area (Å²) in [4.78, 5) is 28.9. The summed E-state index contributed by atoms with van der Waals surface area (Å²) in [7, 11) is 0. The topological polar surface area (TPSA) is 72.2 Å². The fraction of sp³-hybridized carbons (Fsp3) is 0.500. The van der Waals surface area contributed by atoms with E-state index in [0.717, 1.165) is 37.4 Å². The minimum atomic E-state index is -0.897. The Hall–Kier alpha value is -1.34. The van der Waals surface area contributed by atoms with Crippen molar-refractivity contribution in [3.05, 3.63) is 21.8 Å². The van der Waals surface area contributed by atoms with Gasteiger partial charge in [0.1, 0.15) is 4.83 Å². The number of aromatic nitrogens is 2. The van der Waals surface area contributed by atoms with E-state index in [9.17, 15) is 9.59 Å². The van der Waals surface area contributed by atoms with Crippen LogP contribution in [0.2, 0.25) is 0 Å². The summed E-state index contributed by atoms with van der Waals surface area (Å²) < 4.78 is 1.76. The second-order valence-corrected chi connectivity index (χ2v) is 7.13. The lowest BCUT2D eigenvalue weighted by molar-refractivity contribution is -0.133. The molecule has 21 heavy (non-hydrogen) atoms. The van der Waals surface area contributed by atoms with E-state index >= 15 is 0 Å². The number of carboxylic acids is 1. The summed E-state index contributed by atoms with van der Waals surface area (Å²) in [5.41, 5.74) is -0.211. The SMILES string of the molecule is CCC1(n2c(SCC(=O)O)nc3sccc3c2=O)CCC1. The van der Waals surface area contributed by atoms with Crippen molar-refractivity contribution >= 4 is 39.3 Å². The zero-order valence-corrected chi connectivity index (χ0v) is 13.3. The fourth-order valence-corrected chi connectivity index (χ4v) is 4.48. The number of nitrogens with zero attached hydrogens (tertiary/aromatic N) is 2. The minimum Gasteiger partial charge on any atom is -0.481 e. The Bertz CT molecular complexity index is 741. The third kappa shape index (κ3) is 2.38. The smallest absolute Gasteiger partial charge is 0.313 e. The van der Waals surface area contributed by atoms with Crippen LogP contribution in [0.25, 0.3) is 10.2 Å². The third-order valence-electron chi connectivity index (χ3n) is 4.21. The van der Waals surface area contributed by atoms with Gasteiger partial charge in [0.15, 0.2) is 5.16 Å². The third-order valence-corrected chi connectivity index (χ3v) is 5.94. The molecule has 112 valence electrons. The summed E-state index contributed by atoms with van der Waals surface area (Å²) in [6, 6.07) is 1.81. The Kier molecular flexibility index (Phi) is 3.79. The van der Waals surface area contributed by atoms with Crippen molar-refractivity contribution < 1.29 is 9.90 Å². The molecule has 1 N–H and O–H groups in total. The number of thioether (sulfide) groups is 1. The Balaban J connectivity index is 2.18. The van der Waals surface area contributed by atoms with Gasteiger partial charge in [0.2, 0.25) is 0 Å². The van der Waals surface area contributed by atoms with Crippen LogP contribution in [0, 0.1) is 0 Å². The van der Waals surface area contributed by atoms with Crippen LogP contribution in [0.15, 0.2) is 21.4 Å². The van der Waals surface area contributed by atoms with Gasteiger partial charge in [-0.3, -0.25) is 14.2 Å². The molecule has 0 unspecified atom stereocenters. The molecule has 2 aromatic rings. The van der Waals surface area contributed by atoms with Crippen molar-refractivity contribution in [1.82, 2.24) is 9.55 Å². The van der Waals surface area contributed by atoms with E-state index in [1.54, 1.807) is 10.6 Å². The van der Waals surface area contributed by atoms with Crippen LogP contribution in [0.3, 0.4) is 0 Å². The lowest BCUT2D eigenvalue weighted by Gasteiger charge is -2.43. The lowest BCUT2D eigenvalue weighted by Crippen LogP contribution is -2.47. The van der Waals surface area contributed by atoms with Crippen LogP contribution < -0.4 is 5.56 Å². The second-order valence-electron chi connectivity index (χ2n) is 5.29. The van der Waals surface area contributed by atoms with Crippen LogP contribution in [-0.4, -0.2) is 26.4 Å². The molecular formula is C14H16N2O3S2. The number of hydrogen-bond donors (Lipinski definition) is 1. The number of fused-ring (bicyclic) bond motifs is 1. The molecule has 0 amide bonds. The average molecular weight is 324 g/mol. The van der Waals surface area contributed by atoms with Crippen molar-refractivity contribution in [2.24, 2.45) is 0 Å². The van der Waals surface area contributed by atoms with Crippen LogP contribution >= 0.6 is 23.1 Å². The van der Waals surface area contributed by atoms with E-state index < -0.39 is 5.97 Å². The summed E-state index contributed by atoms with van der Waals surface area (Å²) >= 11 is 2.56. The maximum atomic E-state index is 12.8. The molecule has 1 aliphatic carbocycles. The monoisotopic (exact) mass is 324 g/mol. The Morgan fingerprint density at radius 1 is 1.57 bits per heavy atom. The quantitative estimate of drug-likeness (QED) is 0.676. The average Bonchev–Trinajstić information content (AvgIpc) is 2.87. The molecule has 2 aromatic heterocycles. The van der Waals surface area contributed by atoms with Crippen LogP contribution in [0.4, 0.5) is 0 Å². The predicted octanol–water partition coefficient (Wildman–Crippen LogP) is 2.92. The highest BCUT2D eigenvalue weighted by molar-refractivity contribution is 7.99. The van der Waals surface area contributed by atoms with Gasteiger partial charge in [0.05, 0.1) is 11.1 Å². The molecule has 2 heterocycles. The van der Waals surface area contributed by atoms with Gasteiger partial charge in [-0.2, -0.15) is 0 Å². The van der Waals surface area contributed by atoms with Crippen molar-refractivity contribution in [2.75, 3.05) is 5.75 Å². The molecule has 1 fully saturated rings. The highest BCUT2D eigenvalue weighted by Gasteiger charge is 2.40. The molecule has 5 nitrogen and oxygen atoms in total. The number of carboxylic acid groups (broad SMARTS) is 1. The molecule has 3 rings (SSSR count). The molecule has 0 aromatic carbocycles. The largest absolute Gasteiger partial charge is 0.481 e. The van der Waals surface area contributed by atoms with Crippen LogP contribution in [-0.2, 0) is 10.3 Å². The number of rotatable bonds is 5. The molecule has 0 radical (unpaired) electrons. The van der Waals surface area contributed by atoms with E-state index in [1.165, 1.54) is 11.3 Å². The summed E-state index contributed by atoms with van der Waals surface area (Å²) in [5, 5.41) is 11.9. The first-order valence-corrected chi connectivity index (χ1v) is 8.79. The molecule has 7 heteroatoms. The van der Waals surface area contributed by atoms with Crippen molar-refractivity contribution in [2.45, 2.75) is 43.3 Å². The van der Waals surface area contributed by atoms with E-state index in [0.29, 0.717) is 15.4 Å². The standard InChI is InChI=1S/C14H16N2O3S2/c1-2-14(5-3-6-14)16-12(19)9-4-7-20-11(9)15-13(16)21-8-10(17)18/h4,7H,2-3,5-6,8H2,1H3,(H,17,18). The maximum absolute atomic E-state index is 12.8. The molecule has 1 saturated carbocycles. The van der Waals surface area contributed by atoms with E-state index in [-0.39, 0.29) is 16.9 Å². The summed E-state index contributed by atoms with van der Waals surface area (Å²) in [5.74, 6) is -0.977. The Labute approximate surface area is 130 Å². The molecule has 0 bridgehead atoms. The Morgan fingerprint density at radius 3 is 2.90 bits per heavy atom. The first kappa shape index (κ1) is 14.6. The van der Waals surface area contributed by atoms with Crippen molar-refractivity contribution in [3.8, 4) is 0 Å². The zero-order valence-electron chi connectivity index (χ0n) is 11.7. The molecule has 0 aliphatic heterocycles. The van der Waals surface area contributed by atoms with Gasteiger partial charge >= 0.3 is 5.97 Å². The van der Waals surface area contributed by atoms with Gasteiger partial charge in [-0.05, 0) is 37.1 Å². The zero-order chi connectivity index (χ0) is 15.0. The molecule has 0 atom stereocenters. The van der Waals surface area contributed by atoms with Crippen molar-refractivity contribution in [1.29, 1.82) is 0 Å². The maximum Gasteiger partial charge on any atom is 0.313 e. The highest BCUT2D eigenvalue weighted by atomic mass is 32.2. The van der Waals surface area contributed by atoms with Gasteiger partial charge in [0.25, 0.3) is 5.56 Å². The molecule has 1 aliphatic rings. The number of aliphatic carboxylic acids is 1. The first-order valence-electron chi connectivity index (χ1n) is 6.93. The number of thiophene rings is 1. The van der Waals surface area contributed by atoms with Gasteiger partial charge in [-0.1, -0.05) is 18.7 Å². The lowest BCUT2D eigenvalue weighted by atomic mass is 9.74. The van der Waals surface area contributed by atoms with Gasteiger partial charge < -0.3 is 5.11 Å². The van der Waals surface area contributed by atoms with Gasteiger partial charge in [-0.15, -0.1) is 11.3 Å². The first-order chi connectivity index (χ1) is 10.1. The Morgan fingerprint density at radius 2 is 2.33 bits per heavy atom. The van der Waals surface area contributed by atoms with E-state index in [4.69, 9.17) is 5.11 Å². The summed E-state index contributed by atoms with van der Waals surface area (Å²) in [6.07, 6.45) is 3.89. The molecule has 0 saturated heterocycles. The number of hydrogen-bond acceptors (Lipinski definition) is 5.